The van der Waals surface area contributed by atoms with Gasteiger partial charge in [-0.3, -0.25) is 4.79 Å². The van der Waals surface area contributed by atoms with Crippen molar-refractivity contribution in [3.05, 3.63) is 29.8 Å². The summed E-state index contributed by atoms with van der Waals surface area (Å²) in [5, 5.41) is 3.08. The van der Waals surface area contributed by atoms with Crippen LogP contribution in [0, 0.1) is 0 Å². The van der Waals surface area contributed by atoms with E-state index in [0.717, 1.165) is 11.4 Å². The van der Waals surface area contributed by atoms with Gasteiger partial charge in [0.15, 0.2) is 0 Å². The zero-order valence-electron chi connectivity index (χ0n) is 12.1. The Balaban J connectivity index is 1.94. The van der Waals surface area contributed by atoms with Crippen molar-refractivity contribution in [1.82, 2.24) is 10.2 Å². The molecule has 5 heteroatoms. The highest BCUT2D eigenvalue weighted by Gasteiger charge is 2.23. The molecule has 0 aromatic heterocycles. The van der Waals surface area contributed by atoms with Gasteiger partial charge in [0.25, 0.3) is 0 Å². The van der Waals surface area contributed by atoms with Crippen LogP contribution in [0.15, 0.2) is 29.2 Å². The Morgan fingerprint density at radius 1 is 1.45 bits per heavy atom. The van der Waals surface area contributed by atoms with Gasteiger partial charge >= 0.3 is 0 Å². The molecule has 1 fully saturated rings. The van der Waals surface area contributed by atoms with Gasteiger partial charge in [-0.15, -0.1) is 11.8 Å². The van der Waals surface area contributed by atoms with Crippen LogP contribution >= 0.6 is 11.8 Å². The monoisotopic (exact) mass is 294 g/mol. The van der Waals surface area contributed by atoms with Gasteiger partial charge in [0.05, 0.1) is 18.5 Å². The first kappa shape index (κ1) is 15.4. The molecule has 1 atom stereocenters. The van der Waals surface area contributed by atoms with Crippen LogP contribution in [-0.2, 0) is 16.1 Å². The number of ether oxygens (including phenoxy) is 1. The van der Waals surface area contributed by atoms with E-state index in [1.54, 1.807) is 11.8 Å². The minimum atomic E-state index is -0.0575. The minimum Gasteiger partial charge on any atom is -0.378 e. The highest BCUT2D eigenvalue weighted by atomic mass is 32.2. The Bertz CT molecular complexity index is 447. The smallest absolute Gasteiger partial charge is 0.235 e. The van der Waals surface area contributed by atoms with Crippen molar-refractivity contribution in [1.29, 1.82) is 0 Å². The number of hydrogen-bond donors (Lipinski definition) is 1. The van der Waals surface area contributed by atoms with Gasteiger partial charge in [-0.25, -0.2) is 0 Å². The van der Waals surface area contributed by atoms with Crippen molar-refractivity contribution >= 4 is 17.7 Å². The molecule has 0 radical (unpaired) electrons. The first-order chi connectivity index (χ1) is 9.70. The fraction of sp³-hybridized carbons (Fsp3) is 0.533. The molecule has 1 unspecified atom stereocenters. The molecule has 20 heavy (non-hydrogen) atoms. The first-order valence-corrected chi connectivity index (χ1v) is 7.85. The van der Waals surface area contributed by atoms with Crippen LogP contribution in [0.3, 0.4) is 0 Å². The van der Waals surface area contributed by atoms with E-state index in [1.165, 1.54) is 5.56 Å². The highest BCUT2D eigenvalue weighted by molar-refractivity contribution is 8.00. The van der Waals surface area contributed by atoms with Gasteiger partial charge < -0.3 is 15.0 Å². The summed E-state index contributed by atoms with van der Waals surface area (Å²) in [6.45, 7) is 5.56. The average molecular weight is 294 g/mol. The summed E-state index contributed by atoms with van der Waals surface area (Å²) in [5.41, 5.74) is 1.24. The lowest BCUT2D eigenvalue weighted by Gasteiger charge is -2.29. The summed E-state index contributed by atoms with van der Waals surface area (Å²) in [4.78, 5) is 15.4. The van der Waals surface area contributed by atoms with Crippen molar-refractivity contribution in [2.75, 3.05) is 33.4 Å². The van der Waals surface area contributed by atoms with Gasteiger partial charge in [-0.2, -0.15) is 0 Å². The van der Waals surface area contributed by atoms with E-state index in [-0.39, 0.29) is 11.2 Å². The Labute approximate surface area is 124 Å². The third-order valence-electron chi connectivity index (χ3n) is 3.26. The first-order valence-electron chi connectivity index (χ1n) is 6.97. The second-order valence-corrected chi connectivity index (χ2v) is 6.29. The zero-order valence-corrected chi connectivity index (χ0v) is 12.9. The summed E-state index contributed by atoms with van der Waals surface area (Å²) in [7, 11) is 1.93. The van der Waals surface area contributed by atoms with Gasteiger partial charge in [0, 0.05) is 24.5 Å². The lowest BCUT2D eigenvalue weighted by Crippen LogP contribution is -2.44. The van der Waals surface area contributed by atoms with E-state index in [0.29, 0.717) is 26.3 Å². The minimum absolute atomic E-state index is 0.0575. The largest absolute Gasteiger partial charge is 0.378 e. The number of rotatable bonds is 5. The van der Waals surface area contributed by atoms with Gasteiger partial charge in [-0.05, 0) is 31.7 Å². The Morgan fingerprint density at radius 2 is 2.20 bits per heavy atom. The SMILES string of the molecule is CNCc1cccc(SC(C)C(=O)N2CCOCC2)c1. The summed E-state index contributed by atoms with van der Waals surface area (Å²) >= 11 is 1.63. The summed E-state index contributed by atoms with van der Waals surface area (Å²) in [5.74, 6) is 0.206. The molecule has 1 aromatic carbocycles. The van der Waals surface area contributed by atoms with Crippen molar-refractivity contribution in [2.45, 2.75) is 23.6 Å². The Hall–Kier alpha value is -1.04. The molecule has 0 bridgehead atoms. The van der Waals surface area contributed by atoms with Crippen molar-refractivity contribution in [2.24, 2.45) is 0 Å². The highest BCUT2D eigenvalue weighted by Crippen LogP contribution is 2.25. The fourth-order valence-electron chi connectivity index (χ4n) is 2.23. The molecule has 2 rings (SSSR count). The van der Waals surface area contributed by atoms with E-state index < -0.39 is 0 Å². The number of carbonyl (C=O) groups excluding carboxylic acids is 1. The quantitative estimate of drug-likeness (QED) is 0.840. The summed E-state index contributed by atoms with van der Waals surface area (Å²) < 4.78 is 5.28. The maximum absolute atomic E-state index is 12.4. The second kappa shape index (κ2) is 7.67. The predicted octanol–water partition coefficient (Wildman–Crippen LogP) is 1.75. The fourth-order valence-corrected chi connectivity index (χ4v) is 3.26. The van der Waals surface area contributed by atoms with E-state index >= 15 is 0 Å². The molecule has 1 aliphatic heterocycles. The third kappa shape index (κ3) is 4.23. The number of hydrogen-bond acceptors (Lipinski definition) is 4. The Kier molecular flexibility index (Phi) is 5.88. The maximum Gasteiger partial charge on any atom is 0.235 e. The average Bonchev–Trinajstić information content (AvgIpc) is 2.48. The van der Waals surface area contributed by atoms with Crippen molar-refractivity contribution in [3.63, 3.8) is 0 Å². The summed E-state index contributed by atoms with van der Waals surface area (Å²) in [6, 6.07) is 8.34. The van der Waals surface area contributed by atoms with Crippen molar-refractivity contribution < 1.29 is 9.53 Å². The number of morpholine rings is 1. The molecule has 1 saturated heterocycles. The van der Waals surface area contributed by atoms with Crippen LogP contribution in [0.2, 0.25) is 0 Å². The number of nitrogens with zero attached hydrogens (tertiary/aromatic N) is 1. The van der Waals surface area contributed by atoms with E-state index in [1.807, 2.05) is 24.9 Å². The van der Waals surface area contributed by atoms with Gasteiger partial charge in [-0.1, -0.05) is 12.1 Å². The van der Waals surface area contributed by atoms with Crippen LogP contribution < -0.4 is 5.32 Å². The van der Waals surface area contributed by atoms with E-state index in [9.17, 15) is 4.79 Å². The molecule has 110 valence electrons. The van der Waals surface area contributed by atoms with Crippen LogP contribution in [0.25, 0.3) is 0 Å². The number of thioether (sulfide) groups is 1. The van der Waals surface area contributed by atoms with Crippen molar-refractivity contribution in [3.8, 4) is 0 Å². The lowest BCUT2D eigenvalue weighted by molar-refractivity contribution is -0.134. The Morgan fingerprint density at radius 3 is 2.90 bits per heavy atom. The molecular weight excluding hydrogens is 272 g/mol. The number of nitrogens with one attached hydrogen (secondary N) is 1. The van der Waals surface area contributed by atoms with E-state index in [2.05, 4.69) is 23.5 Å². The molecule has 4 nitrogen and oxygen atoms in total. The van der Waals surface area contributed by atoms with Crippen LogP contribution in [-0.4, -0.2) is 49.4 Å². The number of amides is 1. The van der Waals surface area contributed by atoms with Crippen LogP contribution in [0.5, 0.6) is 0 Å². The zero-order chi connectivity index (χ0) is 14.4. The van der Waals surface area contributed by atoms with E-state index in [4.69, 9.17) is 4.74 Å². The molecule has 1 N–H and O–H groups in total. The normalized spacial score (nSPS) is 17.0. The molecule has 1 heterocycles. The summed E-state index contributed by atoms with van der Waals surface area (Å²) in [6.07, 6.45) is 0. The number of benzene rings is 1. The molecule has 0 saturated carbocycles. The lowest BCUT2D eigenvalue weighted by atomic mass is 10.2. The molecule has 1 aromatic rings. The van der Waals surface area contributed by atoms with Gasteiger partial charge in [0.2, 0.25) is 5.91 Å². The maximum atomic E-state index is 12.4. The predicted molar refractivity (Wildman–Crippen MR) is 81.9 cm³/mol. The molecule has 0 aliphatic carbocycles. The third-order valence-corrected chi connectivity index (χ3v) is 4.34. The molecule has 1 aliphatic rings. The van der Waals surface area contributed by atoms with Crippen LogP contribution in [0.4, 0.5) is 0 Å². The standard InChI is InChI=1S/C15H22N2O2S/c1-12(15(18)17-6-8-19-9-7-17)20-14-5-3-4-13(10-14)11-16-2/h3-5,10,12,16H,6-9,11H2,1-2H3. The molecular formula is C15H22N2O2S. The molecule has 1 amide bonds. The second-order valence-electron chi connectivity index (χ2n) is 4.88. The topological polar surface area (TPSA) is 41.6 Å². The number of carbonyl (C=O) groups is 1. The van der Waals surface area contributed by atoms with Gasteiger partial charge in [0.1, 0.15) is 0 Å². The molecule has 0 spiro atoms. The van der Waals surface area contributed by atoms with Crippen LogP contribution in [0.1, 0.15) is 12.5 Å².